The summed E-state index contributed by atoms with van der Waals surface area (Å²) in [5.74, 6) is 0.505. The molecule has 1 aromatic carbocycles. The van der Waals surface area contributed by atoms with Crippen LogP contribution in [-0.2, 0) is 0 Å². The number of carbonyl (C=O) groups is 1. The van der Waals surface area contributed by atoms with Crippen LogP contribution in [0.25, 0.3) is 0 Å². The molecule has 1 N–H and O–H groups in total. The van der Waals surface area contributed by atoms with Crippen molar-refractivity contribution in [3.63, 3.8) is 0 Å². The third-order valence-corrected chi connectivity index (χ3v) is 2.77. The molecule has 0 radical (unpaired) electrons. The summed E-state index contributed by atoms with van der Waals surface area (Å²) in [5, 5.41) is 3.26. The van der Waals surface area contributed by atoms with E-state index in [4.69, 9.17) is 16.0 Å². The first kappa shape index (κ1) is 11.7. The Morgan fingerprint density at radius 1 is 1.29 bits per heavy atom. The number of halogens is 1. The van der Waals surface area contributed by atoms with E-state index in [1.165, 1.54) is 0 Å². The van der Waals surface area contributed by atoms with Crippen molar-refractivity contribution < 1.29 is 9.21 Å². The molecule has 0 aliphatic rings. The molecule has 0 saturated heterocycles. The molecule has 2 rings (SSSR count). The number of benzene rings is 1. The Balaban J connectivity index is 2.10. The third-order valence-electron chi connectivity index (χ3n) is 2.44. The molecule has 0 aliphatic heterocycles. The van der Waals surface area contributed by atoms with Crippen LogP contribution in [0.2, 0.25) is 5.02 Å². The molecule has 1 atom stereocenters. The Hall–Kier alpha value is -1.74. The Kier molecular flexibility index (Phi) is 3.49. The second-order valence-electron chi connectivity index (χ2n) is 3.69. The lowest BCUT2D eigenvalue weighted by atomic mass is 10.2. The zero-order chi connectivity index (χ0) is 12.3. The molecule has 0 spiro atoms. The number of carbonyl (C=O) groups excluding carboxylic acids is 1. The highest BCUT2D eigenvalue weighted by molar-refractivity contribution is 6.33. The number of rotatable bonds is 3. The van der Waals surface area contributed by atoms with Gasteiger partial charge in [0, 0.05) is 0 Å². The Morgan fingerprint density at radius 3 is 2.71 bits per heavy atom. The molecule has 88 valence electrons. The highest BCUT2D eigenvalue weighted by atomic mass is 35.5. The number of amides is 1. The van der Waals surface area contributed by atoms with E-state index < -0.39 is 0 Å². The van der Waals surface area contributed by atoms with Gasteiger partial charge in [0.05, 0.1) is 22.9 Å². The topological polar surface area (TPSA) is 42.2 Å². The van der Waals surface area contributed by atoms with Crippen molar-refractivity contribution in [2.24, 2.45) is 0 Å². The first-order chi connectivity index (χ1) is 8.18. The quantitative estimate of drug-likeness (QED) is 0.906. The van der Waals surface area contributed by atoms with Crippen molar-refractivity contribution in [1.29, 1.82) is 0 Å². The van der Waals surface area contributed by atoms with E-state index in [0.717, 1.165) is 0 Å². The molecule has 0 aliphatic carbocycles. The largest absolute Gasteiger partial charge is 0.467 e. The molecule has 2 aromatic rings. The first-order valence-corrected chi connectivity index (χ1v) is 5.65. The number of nitrogens with one attached hydrogen (secondary N) is 1. The predicted molar refractivity (Wildman–Crippen MR) is 66.0 cm³/mol. The van der Waals surface area contributed by atoms with Crippen LogP contribution in [0.3, 0.4) is 0 Å². The Labute approximate surface area is 104 Å². The summed E-state index contributed by atoms with van der Waals surface area (Å²) in [6.07, 6.45) is 1.58. The number of hydrogen-bond donors (Lipinski definition) is 1. The van der Waals surface area contributed by atoms with Gasteiger partial charge in [0.25, 0.3) is 5.91 Å². The van der Waals surface area contributed by atoms with Crippen LogP contribution in [0.5, 0.6) is 0 Å². The van der Waals surface area contributed by atoms with Gasteiger partial charge in [-0.3, -0.25) is 4.79 Å². The van der Waals surface area contributed by atoms with Gasteiger partial charge in [0.1, 0.15) is 5.76 Å². The van der Waals surface area contributed by atoms with Gasteiger partial charge in [-0.25, -0.2) is 0 Å². The molecular weight excluding hydrogens is 238 g/mol. The minimum Gasteiger partial charge on any atom is -0.467 e. The summed E-state index contributed by atoms with van der Waals surface area (Å²) in [5.41, 5.74) is 0.465. The average Bonchev–Trinajstić information content (AvgIpc) is 2.82. The summed E-state index contributed by atoms with van der Waals surface area (Å²) in [7, 11) is 0. The number of hydrogen-bond acceptors (Lipinski definition) is 2. The smallest absolute Gasteiger partial charge is 0.253 e. The van der Waals surface area contributed by atoms with Gasteiger partial charge >= 0.3 is 0 Å². The zero-order valence-electron chi connectivity index (χ0n) is 9.31. The lowest BCUT2D eigenvalue weighted by molar-refractivity contribution is 0.0935. The van der Waals surface area contributed by atoms with Gasteiger partial charge in [-0.2, -0.15) is 0 Å². The maximum absolute atomic E-state index is 11.9. The van der Waals surface area contributed by atoms with Crippen LogP contribution in [0, 0.1) is 0 Å². The molecule has 1 heterocycles. The predicted octanol–water partition coefficient (Wildman–Crippen LogP) is 3.42. The zero-order valence-corrected chi connectivity index (χ0v) is 10.1. The van der Waals surface area contributed by atoms with Crippen molar-refractivity contribution in [3.8, 4) is 0 Å². The summed E-state index contributed by atoms with van der Waals surface area (Å²) >= 11 is 5.94. The molecular formula is C13H12ClNO2. The standard InChI is InChI=1S/C13H12ClNO2/c1-9(12-7-4-8-17-12)15-13(16)10-5-2-3-6-11(10)14/h2-9H,1H3,(H,15,16). The van der Waals surface area contributed by atoms with Gasteiger partial charge in [-0.15, -0.1) is 0 Å². The van der Waals surface area contributed by atoms with E-state index in [1.807, 2.05) is 13.0 Å². The number of furan rings is 1. The molecule has 4 heteroatoms. The minimum atomic E-state index is -0.209. The van der Waals surface area contributed by atoms with Gasteiger partial charge in [0.2, 0.25) is 0 Å². The van der Waals surface area contributed by atoms with Crippen molar-refractivity contribution >= 4 is 17.5 Å². The fraction of sp³-hybridized carbons (Fsp3) is 0.154. The maximum atomic E-state index is 11.9. The monoisotopic (exact) mass is 249 g/mol. The van der Waals surface area contributed by atoms with Crippen molar-refractivity contribution in [2.75, 3.05) is 0 Å². The first-order valence-electron chi connectivity index (χ1n) is 5.27. The second-order valence-corrected chi connectivity index (χ2v) is 4.10. The van der Waals surface area contributed by atoms with Crippen LogP contribution in [0.4, 0.5) is 0 Å². The van der Waals surface area contributed by atoms with E-state index in [0.29, 0.717) is 16.3 Å². The molecule has 1 aromatic heterocycles. The molecule has 17 heavy (non-hydrogen) atoms. The molecule has 1 unspecified atom stereocenters. The fourth-order valence-electron chi connectivity index (χ4n) is 1.53. The molecule has 0 saturated carbocycles. The average molecular weight is 250 g/mol. The molecule has 1 amide bonds. The lowest BCUT2D eigenvalue weighted by Crippen LogP contribution is -2.26. The third kappa shape index (κ3) is 2.68. The summed E-state index contributed by atoms with van der Waals surface area (Å²) < 4.78 is 5.21. The van der Waals surface area contributed by atoms with Crippen LogP contribution < -0.4 is 5.32 Å². The summed E-state index contributed by atoms with van der Waals surface area (Å²) in [4.78, 5) is 11.9. The van der Waals surface area contributed by atoms with E-state index in [1.54, 1.807) is 36.6 Å². The molecule has 0 bridgehead atoms. The maximum Gasteiger partial charge on any atom is 0.253 e. The van der Waals surface area contributed by atoms with Crippen molar-refractivity contribution in [1.82, 2.24) is 5.32 Å². The van der Waals surface area contributed by atoms with E-state index in [9.17, 15) is 4.79 Å². The second kappa shape index (κ2) is 5.06. The van der Waals surface area contributed by atoms with Gasteiger partial charge in [-0.1, -0.05) is 23.7 Å². The van der Waals surface area contributed by atoms with E-state index in [-0.39, 0.29) is 11.9 Å². The van der Waals surface area contributed by atoms with Crippen LogP contribution >= 0.6 is 11.6 Å². The normalized spacial score (nSPS) is 12.1. The van der Waals surface area contributed by atoms with E-state index in [2.05, 4.69) is 5.32 Å². The highest BCUT2D eigenvalue weighted by Crippen LogP contribution is 2.17. The van der Waals surface area contributed by atoms with Gasteiger partial charge in [-0.05, 0) is 31.2 Å². The minimum absolute atomic E-state index is 0.186. The van der Waals surface area contributed by atoms with Gasteiger partial charge < -0.3 is 9.73 Å². The molecule has 3 nitrogen and oxygen atoms in total. The van der Waals surface area contributed by atoms with Crippen molar-refractivity contribution in [2.45, 2.75) is 13.0 Å². The van der Waals surface area contributed by atoms with Crippen LogP contribution in [-0.4, -0.2) is 5.91 Å². The molecule has 0 fully saturated rings. The summed E-state index contributed by atoms with van der Waals surface area (Å²) in [6.45, 7) is 1.85. The SMILES string of the molecule is CC(NC(=O)c1ccccc1Cl)c1ccco1. The van der Waals surface area contributed by atoms with Crippen LogP contribution in [0.1, 0.15) is 29.1 Å². The highest BCUT2D eigenvalue weighted by Gasteiger charge is 2.14. The van der Waals surface area contributed by atoms with Crippen molar-refractivity contribution in [3.05, 3.63) is 59.0 Å². The lowest BCUT2D eigenvalue weighted by Gasteiger charge is -2.12. The van der Waals surface area contributed by atoms with E-state index >= 15 is 0 Å². The van der Waals surface area contributed by atoms with Gasteiger partial charge in [0.15, 0.2) is 0 Å². The summed E-state index contributed by atoms with van der Waals surface area (Å²) in [6, 6.07) is 10.4. The Morgan fingerprint density at radius 2 is 2.06 bits per heavy atom. The fourth-order valence-corrected chi connectivity index (χ4v) is 1.75. The Bertz CT molecular complexity index is 508. The van der Waals surface area contributed by atoms with Crippen LogP contribution in [0.15, 0.2) is 47.1 Å².